The van der Waals surface area contributed by atoms with E-state index in [4.69, 9.17) is 18.5 Å². The first-order valence-corrected chi connectivity index (χ1v) is 23.2. The summed E-state index contributed by atoms with van der Waals surface area (Å²) in [5.74, 6) is -4.26. The van der Waals surface area contributed by atoms with Gasteiger partial charge in [0, 0.05) is 24.7 Å². The van der Waals surface area contributed by atoms with Crippen molar-refractivity contribution in [2.45, 2.75) is 184 Å². The number of aliphatic hydroxyl groups is 8. The molecule has 1 aliphatic heterocycles. The Kier molecular flexibility index (Phi) is 26.8. The van der Waals surface area contributed by atoms with Crippen LogP contribution in [0, 0.1) is 11.8 Å². The molecule has 0 saturated heterocycles. The van der Waals surface area contributed by atoms with Crippen LogP contribution in [0.5, 0.6) is 0 Å². The van der Waals surface area contributed by atoms with Crippen LogP contribution in [-0.2, 0) is 32.7 Å². The fourth-order valence-corrected chi connectivity index (χ4v) is 8.04. The number of unbranched alkanes of at least 4 members (excludes halogenated alkanes) is 8. The zero-order valence-corrected chi connectivity index (χ0v) is 36.2. The van der Waals surface area contributed by atoms with Crippen molar-refractivity contribution in [2.24, 2.45) is 11.8 Å². The number of fused-ring (bicyclic) bond motifs is 4. The maximum atomic E-state index is 13.4. The molecule has 1 saturated carbocycles. The third kappa shape index (κ3) is 20.7. The molecule has 13 atom stereocenters. The maximum absolute atomic E-state index is 13.4. The van der Waals surface area contributed by atoms with E-state index in [-0.39, 0.29) is 19.3 Å². The minimum atomic E-state index is -5.42. The average molecular weight is 877 g/mol. The second kappa shape index (κ2) is 29.9. The summed E-state index contributed by atoms with van der Waals surface area (Å²) in [6.07, 6.45) is 4.93. The molecule has 0 spiro atoms. The Labute approximate surface area is 355 Å². The fraction of sp³-hybridized carbons (Fsp3) is 0.767. The molecule has 346 valence electrons. The number of phosphoric ester groups is 1. The van der Waals surface area contributed by atoms with Crippen LogP contribution in [0.3, 0.4) is 0 Å². The van der Waals surface area contributed by atoms with Gasteiger partial charge in [0.25, 0.3) is 0 Å². The van der Waals surface area contributed by atoms with E-state index < -0.39 is 112 Å². The second-order valence-electron chi connectivity index (χ2n) is 15.8. The third-order valence-electron chi connectivity index (χ3n) is 10.7. The summed E-state index contributed by atoms with van der Waals surface area (Å²) in [6.45, 7) is 2.70. The van der Waals surface area contributed by atoms with Crippen LogP contribution in [0.1, 0.15) is 123 Å². The minimum absolute atomic E-state index is 0.0829. The molecule has 2 bridgehead atoms. The first-order chi connectivity index (χ1) is 28.6. The number of allylic oxidation sites excluding steroid dienone is 5. The summed E-state index contributed by atoms with van der Waals surface area (Å²) in [4.78, 5) is 36.2. The number of aliphatic hydroxyl groups excluding tert-OH is 8. The highest BCUT2D eigenvalue weighted by Gasteiger charge is 2.49. The summed E-state index contributed by atoms with van der Waals surface area (Å²) in [7, 11) is -5.42. The van der Waals surface area contributed by atoms with Crippen LogP contribution in [0.4, 0.5) is 0 Å². The Morgan fingerprint density at radius 2 is 1.52 bits per heavy atom. The molecule has 0 aromatic heterocycles. The van der Waals surface area contributed by atoms with Gasteiger partial charge in [0.1, 0.15) is 31.0 Å². The molecular weight excluding hydrogens is 803 g/mol. The maximum Gasteiger partial charge on any atom is 0.472 e. The molecule has 0 aromatic rings. The molecule has 60 heavy (non-hydrogen) atoms. The predicted octanol–water partition coefficient (Wildman–Crippen LogP) is 3.99. The molecule has 0 radical (unpaired) electrons. The largest absolute Gasteiger partial charge is 0.472 e. The summed E-state index contributed by atoms with van der Waals surface area (Å²) < 4.78 is 34.3. The van der Waals surface area contributed by atoms with Gasteiger partial charge >= 0.3 is 19.8 Å². The Bertz CT molecular complexity index is 1370. The van der Waals surface area contributed by atoms with Gasteiger partial charge in [-0.15, -0.1) is 0 Å². The third-order valence-corrected chi connectivity index (χ3v) is 11.7. The van der Waals surface area contributed by atoms with Gasteiger partial charge in [-0.1, -0.05) is 107 Å². The quantitative estimate of drug-likeness (QED) is 0.0362. The normalized spacial score (nSPS) is 33.9. The summed E-state index contributed by atoms with van der Waals surface area (Å²) in [6, 6.07) is 0. The molecular formula is C43H73O16P. The van der Waals surface area contributed by atoms with Gasteiger partial charge < -0.3 is 55.2 Å². The lowest BCUT2D eigenvalue weighted by atomic mass is 9.83. The van der Waals surface area contributed by atoms with Crippen molar-refractivity contribution in [3.63, 3.8) is 0 Å². The number of cyclic esters (lactones) is 1. The summed E-state index contributed by atoms with van der Waals surface area (Å²) in [5, 5.41) is 89.3. The molecule has 17 heteroatoms. The molecule has 9 N–H and O–H groups in total. The van der Waals surface area contributed by atoms with E-state index in [1.165, 1.54) is 24.3 Å². The zero-order chi connectivity index (χ0) is 44.5. The van der Waals surface area contributed by atoms with Crippen LogP contribution in [0.15, 0.2) is 48.6 Å². The molecule has 1 aliphatic carbocycles. The minimum Gasteiger partial charge on any atom is -0.462 e. The Hall–Kier alpha value is -2.31. The van der Waals surface area contributed by atoms with Crippen molar-refractivity contribution in [2.75, 3.05) is 13.2 Å². The van der Waals surface area contributed by atoms with Crippen LogP contribution in [0.2, 0.25) is 0 Å². The molecule has 1 heterocycles. The van der Waals surface area contributed by atoms with E-state index in [0.717, 1.165) is 64.2 Å². The lowest BCUT2D eigenvalue weighted by molar-refractivity contribution is -0.167. The van der Waals surface area contributed by atoms with Crippen LogP contribution in [-0.4, -0.2) is 132 Å². The highest BCUT2D eigenvalue weighted by molar-refractivity contribution is 7.47. The number of hydrogen-bond donors (Lipinski definition) is 9. The summed E-state index contributed by atoms with van der Waals surface area (Å²) >= 11 is 0. The van der Waals surface area contributed by atoms with Gasteiger partial charge in [-0.05, 0) is 44.9 Å². The van der Waals surface area contributed by atoms with E-state index in [2.05, 4.69) is 31.2 Å². The predicted molar refractivity (Wildman–Crippen MR) is 223 cm³/mol. The molecule has 2 rings (SSSR count). The molecule has 16 nitrogen and oxygen atoms in total. The van der Waals surface area contributed by atoms with Crippen molar-refractivity contribution in [3.8, 4) is 0 Å². The van der Waals surface area contributed by atoms with Gasteiger partial charge in [-0.3, -0.25) is 18.6 Å². The standard InChI is InChI=1S/C43H73O16P/c1-3-5-7-8-9-10-11-12-13-14-15-16-18-23-36(47)56-28-31-29-57-60(54,55)59-43-41(52)39(50)33(26-25-30(44)21-17-6-4-2)35(46)27-34(45)32(38(49)40(51)42(43)53)22-19-20-24-37(48)58-31/h7-8,10-11,19-20,25-26,30-35,38-46,49-53H,3-6,9,12-18,21-24,27-29H2,1-2H3,(H,54,55)/b8-7-,11-10-,20-19-,26-25-/t30-,31-,32-,33+,34+,35-,38-,39-,40+,41-,42-,43-/m1/s1. The van der Waals surface area contributed by atoms with Crippen molar-refractivity contribution in [3.05, 3.63) is 48.6 Å². The fourth-order valence-electron chi connectivity index (χ4n) is 7.07. The lowest BCUT2D eigenvalue weighted by Gasteiger charge is -2.37. The first-order valence-electron chi connectivity index (χ1n) is 21.7. The van der Waals surface area contributed by atoms with E-state index in [9.17, 15) is 59.9 Å². The topological polar surface area (TPSA) is 270 Å². The molecule has 0 aromatic carbocycles. The van der Waals surface area contributed by atoms with E-state index in [1.54, 1.807) is 0 Å². The number of ether oxygens (including phenoxy) is 2. The average Bonchev–Trinajstić information content (AvgIpc) is 3.21. The van der Waals surface area contributed by atoms with Gasteiger partial charge in [0.15, 0.2) is 6.10 Å². The van der Waals surface area contributed by atoms with Gasteiger partial charge in [0.2, 0.25) is 0 Å². The monoisotopic (exact) mass is 876 g/mol. The number of carbonyl (C=O) groups excluding carboxylic acids is 2. The SMILES string of the molecule is CCC/C=C\C/C=C\CCCCCCCC(=O)OC[C@@H]1COP(=O)(O)O[C@H]2[C@H](O)[C@@H](O)[C@H](O)[C@H](C/C=C\CC(=O)O1)[C@@H](O)C[C@@H](O)[C@H](/C=C\[C@H](O)CCCCC)[C@@H](O)[C@H]2O. The highest BCUT2D eigenvalue weighted by atomic mass is 31.2. The van der Waals surface area contributed by atoms with Crippen molar-refractivity contribution < 1.29 is 78.4 Å². The lowest BCUT2D eigenvalue weighted by Crippen LogP contribution is -2.55. The second-order valence-corrected chi connectivity index (χ2v) is 17.2. The molecule has 0 amide bonds. The smallest absolute Gasteiger partial charge is 0.462 e. The molecule has 2 aliphatic rings. The van der Waals surface area contributed by atoms with Crippen LogP contribution in [0.25, 0.3) is 0 Å². The first kappa shape index (κ1) is 53.8. The van der Waals surface area contributed by atoms with Gasteiger partial charge in [-0.2, -0.15) is 0 Å². The highest BCUT2D eigenvalue weighted by Crippen LogP contribution is 2.47. The van der Waals surface area contributed by atoms with E-state index >= 15 is 0 Å². The van der Waals surface area contributed by atoms with Crippen LogP contribution >= 0.6 is 7.82 Å². The van der Waals surface area contributed by atoms with E-state index in [1.807, 2.05) is 6.92 Å². The molecule has 1 fully saturated rings. The number of rotatable bonds is 20. The van der Waals surface area contributed by atoms with Gasteiger partial charge in [0.05, 0.1) is 43.5 Å². The van der Waals surface area contributed by atoms with Crippen molar-refractivity contribution >= 4 is 19.8 Å². The number of carbonyl (C=O) groups is 2. The Balaban J connectivity index is 2.20. The van der Waals surface area contributed by atoms with Crippen LogP contribution < -0.4 is 0 Å². The van der Waals surface area contributed by atoms with E-state index in [0.29, 0.717) is 19.3 Å². The number of phosphoric acid groups is 1. The zero-order valence-electron chi connectivity index (χ0n) is 35.3. The Morgan fingerprint density at radius 1 is 0.833 bits per heavy atom. The molecule has 1 unspecified atom stereocenters. The Morgan fingerprint density at radius 3 is 2.23 bits per heavy atom. The number of esters is 2. The summed E-state index contributed by atoms with van der Waals surface area (Å²) in [5.41, 5.74) is 0. The van der Waals surface area contributed by atoms with Gasteiger partial charge in [-0.25, -0.2) is 4.57 Å². The number of hydrogen-bond acceptors (Lipinski definition) is 15. The van der Waals surface area contributed by atoms with Crippen molar-refractivity contribution in [1.82, 2.24) is 0 Å². The van der Waals surface area contributed by atoms with Crippen molar-refractivity contribution in [1.29, 1.82) is 0 Å².